The van der Waals surface area contributed by atoms with Crippen LogP contribution in [0.2, 0.25) is 5.02 Å². The van der Waals surface area contributed by atoms with Crippen LogP contribution < -0.4 is 10.7 Å². The fourth-order valence-electron chi connectivity index (χ4n) is 4.89. The van der Waals surface area contributed by atoms with Crippen LogP contribution in [0, 0.1) is 0 Å². The van der Waals surface area contributed by atoms with Gasteiger partial charge in [-0.15, -0.1) is 0 Å². The van der Waals surface area contributed by atoms with Crippen molar-refractivity contribution in [3.8, 4) is 5.69 Å². The predicted molar refractivity (Wildman–Crippen MR) is 154 cm³/mol. The second-order valence-corrected chi connectivity index (χ2v) is 10.2. The van der Waals surface area contributed by atoms with E-state index < -0.39 is 5.91 Å². The molecule has 1 aromatic heterocycles. The molecule has 202 valence electrons. The van der Waals surface area contributed by atoms with Gasteiger partial charge in [0.05, 0.1) is 18.7 Å². The first-order valence-corrected chi connectivity index (χ1v) is 13.6. The van der Waals surface area contributed by atoms with E-state index in [0.717, 1.165) is 47.4 Å². The molecule has 0 bridgehead atoms. The molecule has 1 saturated heterocycles. The average Bonchev–Trinajstić information content (AvgIpc) is 2.97. The zero-order valence-electron chi connectivity index (χ0n) is 21.7. The number of hydrogen-bond acceptors (Lipinski definition) is 5. The highest BCUT2D eigenvalue weighted by Crippen LogP contribution is 2.22. The van der Waals surface area contributed by atoms with Gasteiger partial charge in [0, 0.05) is 55.1 Å². The molecule has 2 N–H and O–H groups in total. The zero-order chi connectivity index (χ0) is 27.2. The lowest BCUT2D eigenvalue weighted by Gasteiger charge is -2.26. The van der Waals surface area contributed by atoms with Gasteiger partial charge >= 0.3 is 0 Å². The molecule has 1 aliphatic heterocycles. The van der Waals surface area contributed by atoms with Gasteiger partial charge < -0.3 is 19.7 Å². The number of morpholine rings is 1. The van der Waals surface area contributed by atoms with E-state index in [4.69, 9.17) is 16.3 Å². The number of nitrogens with one attached hydrogen (secondary N) is 1. The number of nitrogens with zero attached hydrogens (tertiary/aromatic N) is 2. The topological polar surface area (TPSA) is 83.8 Å². The number of pyridine rings is 1. The van der Waals surface area contributed by atoms with E-state index in [1.807, 2.05) is 59.2 Å². The zero-order valence-corrected chi connectivity index (χ0v) is 22.5. The Kier molecular flexibility index (Phi) is 8.74. The highest BCUT2D eigenvalue weighted by molar-refractivity contribution is 6.30. The smallest absolute Gasteiger partial charge is 0.257 e. The Labute approximate surface area is 232 Å². The number of aliphatic hydroxyl groups is 1. The van der Waals surface area contributed by atoms with E-state index in [2.05, 4.69) is 10.2 Å². The highest BCUT2D eigenvalue weighted by atomic mass is 35.5. The third-order valence-corrected chi connectivity index (χ3v) is 7.25. The minimum absolute atomic E-state index is 0.0840. The molecule has 0 spiro atoms. The first-order valence-electron chi connectivity index (χ1n) is 13.2. The fraction of sp³-hybridized carbons (Fsp3) is 0.290. The van der Waals surface area contributed by atoms with Crippen molar-refractivity contribution >= 4 is 28.4 Å². The number of carbonyl (C=O) groups is 1. The molecule has 7 nitrogen and oxygen atoms in total. The fourth-order valence-corrected chi connectivity index (χ4v) is 5.02. The van der Waals surface area contributed by atoms with E-state index in [1.54, 1.807) is 18.3 Å². The predicted octanol–water partition coefficient (Wildman–Crippen LogP) is 4.33. The summed E-state index contributed by atoms with van der Waals surface area (Å²) < 4.78 is 7.38. The van der Waals surface area contributed by atoms with Crippen molar-refractivity contribution in [1.82, 2.24) is 14.8 Å². The summed E-state index contributed by atoms with van der Waals surface area (Å²) in [5.41, 5.74) is 4.35. The summed E-state index contributed by atoms with van der Waals surface area (Å²) >= 11 is 5.98. The van der Waals surface area contributed by atoms with Gasteiger partial charge in [-0.05, 0) is 65.9 Å². The Balaban J connectivity index is 1.54. The van der Waals surface area contributed by atoms with Crippen molar-refractivity contribution in [3.63, 3.8) is 0 Å². The third kappa shape index (κ3) is 6.57. The van der Waals surface area contributed by atoms with Crippen LogP contribution in [0.5, 0.6) is 0 Å². The molecule has 1 amide bonds. The average molecular weight is 546 g/mol. The maximum absolute atomic E-state index is 13.7. The van der Waals surface area contributed by atoms with Crippen LogP contribution in [-0.2, 0) is 24.2 Å². The molecule has 0 atom stereocenters. The van der Waals surface area contributed by atoms with Crippen LogP contribution in [0.4, 0.5) is 0 Å². The number of halogens is 1. The molecular formula is C31H32ClN3O4. The van der Waals surface area contributed by atoms with Crippen molar-refractivity contribution in [2.75, 3.05) is 32.9 Å². The second-order valence-electron chi connectivity index (χ2n) is 9.79. The van der Waals surface area contributed by atoms with Crippen molar-refractivity contribution in [2.24, 2.45) is 0 Å². The summed E-state index contributed by atoms with van der Waals surface area (Å²) in [7, 11) is 0. The van der Waals surface area contributed by atoms with Crippen LogP contribution in [0.3, 0.4) is 0 Å². The van der Waals surface area contributed by atoms with Gasteiger partial charge in [0.25, 0.3) is 5.91 Å². The molecule has 0 aliphatic carbocycles. The van der Waals surface area contributed by atoms with Crippen molar-refractivity contribution in [2.45, 2.75) is 25.9 Å². The lowest BCUT2D eigenvalue weighted by atomic mass is 10.0. The van der Waals surface area contributed by atoms with Crippen molar-refractivity contribution in [1.29, 1.82) is 0 Å². The molecule has 3 aromatic carbocycles. The Morgan fingerprint density at radius 3 is 2.51 bits per heavy atom. The highest BCUT2D eigenvalue weighted by Gasteiger charge is 2.18. The normalized spacial score (nSPS) is 14.0. The van der Waals surface area contributed by atoms with Crippen molar-refractivity contribution < 1.29 is 14.6 Å². The van der Waals surface area contributed by atoms with Crippen molar-refractivity contribution in [3.05, 3.63) is 110 Å². The van der Waals surface area contributed by atoms with E-state index in [0.29, 0.717) is 36.6 Å². The van der Waals surface area contributed by atoms with Gasteiger partial charge in [0.15, 0.2) is 0 Å². The van der Waals surface area contributed by atoms with E-state index >= 15 is 0 Å². The molecule has 39 heavy (non-hydrogen) atoms. The second kappa shape index (κ2) is 12.6. The van der Waals surface area contributed by atoms with Gasteiger partial charge in [-0.25, -0.2) is 0 Å². The van der Waals surface area contributed by atoms with Gasteiger partial charge in [0.2, 0.25) is 5.43 Å². The molecule has 2 heterocycles. The summed E-state index contributed by atoms with van der Waals surface area (Å²) in [5, 5.41) is 13.3. The summed E-state index contributed by atoms with van der Waals surface area (Å²) in [6.45, 7) is 4.20. The van der Waals surface area contributed by atoms with Gasteiger partial charge in [-0.1, -0.05) is 41.9 Å². The molecule has 1 fully saturated rings. The Morgan fingerprint density at radius 2 is 1.74 bits per heavy atom. The van der Waals surface area contributed by atoms with Crippen LogP contribution in [-0.4, -0.2) is 53.4 Å². The number of fused-ring (bicyclic) bond motifs is 1. The summed E-state index contributed by atoms with van der Waals surface area (Å²) in [4.78, 5) is 29.4. The number of hydrogen-bond donors (Lipinski definition) is 2. The summed E-state index contributed by atoms with van der Waals surface area (Å²) in [5.74, 6) is -0.430. The number of aliphatic hydroxyl groups excluding tert-OH is 1. The van der Waals surface area contributed by atoms with Crippen LogP contribution in [0.15, 0.2) is 77.7 Å². The minimum Gasteiger partial charge on any atom is -0.396 e. The lowest BCUT2D eigenvalue weighted by molar-refractivity contribution is 0.0342. The lowest BCUT2D eigenvalue weighted by Crippen LogP contribution is -2.35. The van der Waals surface area contributed by atoms with E-state index in [1.165, 1.54) is 0 Å². The Morgan fingerprint density at radius 1 is 0.974 bits per heavy atom. The van der Waals surface area contributed by atoms with Gasteiger partial charge in [-0.3, -0.25) is 14.5 Å². The molecule has 0 unspecified atom stereocenters. The third-order valence-electron chi connectivity index (χ3n) is 7.00. The first kappa shape index (κ1) is 27.1. The van der Waals surface area contributed by atoms with E-state index in [-0.39, 0.29) is 24.1 Å². The number of benzene rings is 3. The molecule has 1 aliphatic rings. The van der Waals surface area contributed by atoms with Crippen LogP contribution in [0.1, 0.15) is 33.5 Å². The summed E-state index contributed by atoms with van der Waals surface area (Å²) in [6, 6.07) is 21.1. The Hall–Kier alpha value is -3.49. The SMILES string of the molecule is O=C(NCc1ccc(Cl)cc1)c1cn(-c2cccc(CCCO)c2)c2ccc(CN3CCOCC3)cc2c1=O. The van der Waals surface area contributed by atoms with E-state index in [9.17, 15) is 14.7 Å². The maximum Gasteiger partial charge on any atom is 0.257 e. The largest absolute Gasteiger partial charge is 0.396 e. The molecule has 0 radical (unpaired) electrons. The number of aryl methyl sites for hydroxylation is 1. The van der Waals surface area contributed by atoms with Crippen LogP contribution in [0.25, 0.3) is 16.6 Å². The molecular weight excluding hydrogens is 514 g/mol. The number of carbonyl (C=O) groups excluding carboxylic acids is 1. The maximum atomic E-state index is 13.7. The van der Waals surface area contributed by atoms with Gasteiger partial charge in [-0.2, -0.15) is 0 Å². The monoisotopic (exact) mass is 545 g/mol. The molecule has 5 rings (SSSR count). The first-order chi connectivity index (χ1) is 19.0. The van der Waals surface area contributed by atoms with Crippen LogP contribution >= 0.6 is 11.6 Å². The molecule has 8 heteroatoms. The molecule has 4 aromatic rings. The quantitative estimate of drug-likeness (QED) is 0.327. The summed E-state index contributed by atoms with van der Waals surface area (Å²) in [6.07, 6.45) is 3.03. The number of ether oxygens (including phenoxy) is 1. The Bertz CT molecular complexity index is 1510. The molecule has 0 saturated carbocycles. The number of amides is 1. The van der Waals surface area contributed by atoms with Gasteiger partial charge in [0.1, 0.15) is 5.56 Å². The number of rotatable bonds is 9. The number of aromatic nitrogens is 1. The standard InChI is InChI=1S/C31H32ClN3O4/c32-25-9-6-23(7-10-25)19-33-31(38)28-21-35(26-5-1-3-22(17-26)4-2-14-36)29-11-8-24(18-27(29)30(28)37)20-34-12-15-39-16-13-34/h1,3,5-11,17-18,21,36H,2,4,12-16,19-20H2,(H,33,38). The minimum atomic E-state index is -0.430.